The lowest BCUT2D eigenvalue weighted by molar-refractivity contribution is -0.127. The van der Waals surface area contributed by atoms with Crippen LogP contribution in [0.4, 0.5) is 0 Å². The summed E-state index contributed by atoms with van der Waals surface area (Å²) in [5.41, 5.74) is 0.453. The second-order valence-electron chi connectivity index (χ2n) is 3.82. The maximum atomic E-state index is 11.7. The lowest BCUT2D eigenvalue weighted by atomic mass is 10.2. The minimum Gasteiger partial charge on any atom is -0.493 e. The van der Waals surface area contributed by atoms with Gasteiger partial charge in [-0.05, 0) is 25.1 Å². The molecule has 102 valence electrons. The van der Waals surface area contributed by atoms with Crippen LogP contribution in [0.1, 0.15) is 17.3 Å². The molecule has 1 amide bonds. The van der Waals surface area contributed by atoms with E-state index in [-0.39, 0.29) is 5.91 Å². The van der Waals surface area contributed by atoms with Gasteiger partial charge in [0.15, 0.2) is 17.6 Å². The Labute approximate surface area is 112 Å². The van der Waals surface area contributed by atoms with E-state index in [1.54, 1.807) is 25.1 Å². The Morgan fingerprint density at radius 1 is 1.47 bits per heavy atom. The zero-order valence-electron chi connectivity index (χ0n) is 11.0. The van der Waals surface area contributed by atoms with E-state index in [1.807, 2.05) is 0 Å². The summed E-state index contributed by atoms with van der Waals surface area (Å²) < 4.78 is 10.6. The number of carbonyl (C=O) groups is 2. The van der Waals surface area contributed by atoms with Crippen LogP contribution < -0.4 is 14.8 Å². The van der Waals surface area contributed by atoms with Gasteiger partial charge in [-0.2, -0.15) is 0 Å². The third-order valence-corrected chi connectivity index (χ3v) is 2.42. The molecule has 0 fully saturated rings. The molecule has 0 heterocycles. The SMILES string of the molecule is C=CCNC(=O)C(C)Oc1cc(C=O)ccc1OC. The highest BCUT2D eigenvalue weighted by molar-refractivity contribution is 5.81. The normalized spacial score (nSPS) is 11.3. The molecule has 0 aliphatic rings. The third-order valence-electron chi connectivity index (χ3n) is 2.42. The van der Waals surface area contributed by atoms with Crippen molar-refractivity contribution in [2.24, 2.45) is 0 Å². The van der Waals surface area contributed by atoms with E-state index in [9.17, 15) is 9.59 Å². The van der Waals surface area contributed by atoms with Crippen LogP contribution >= 0.6 is 0 Å². The molecule has 0 spiro atoms. The Morgan fingerprint density at radius 2 is 2.21 bits per heavy atom. The first-order valence-electron chi connectivity index (χ1n) is 5.80. The van der Waals surface area contributed by atoms with E-state index in [0.717, 1.165) is 0 Å². The highest BCUT2D eigenvalue weighted by Gasteiger charge is 2.16. The predicted molar refractivity (Wildman–Crippen MR) is 71.7 cm³/mol. The number of hydrogen-bond acceptors (Lipinski definition) is 4. The molecular weight excluding hydrogens is 246 g/mol. The van der Waals surface area contributed by atoms with Crippen molar-refractivity contribution < 1.29 is 19.1 Å². The Kier molecular flexibility index (Phi) is 5.60. The molecule has 0 saturated heterocycles. The number of carbonyl (C=O) groups excluding carboxylic acids is 2. The number of hydrogen-bond donors (Lipinski definition) is 1. The largest absolute Gasteiger partial charge is 0.493 e. The first-order valence-corrected chi connectivity index (χ1v) is 5.80. The lowest BCUT2D eigenvalue weighted by Gasteiger charge is -2.16. The van der Waals surface area contributed by atoms with Gasteiger partial charge in [-0.3, -0.25) is 9.59 Å². The van der Waals surface area contributed by atoms with Gasteiger partial charge in [0.25, 0.3) is 5.91 Å². The van der Waals surface area contributed by atoms with Crippen molar-refractivity contribution in [2.45, 2.75) is 13.0 Å². The maximum Gasteiger partial charge on any atom is 0.261 e. The van der Waals surface area contributed by atoms with E-state index in [4.69, 9.17) is 9.47 Å². The second-order valence-corrected chi connectivity index (χ2v) is 3.82. The van der Waals surface area contributed by atoms with Crippen LogP contribution in [0.2, 0.25) is 0 Å². The summed E-state index contributed by atoms with van der Waals surface area (Å²) in [5, 5.41) is 2.63. The maximum absolute atomic E-state index is 11.7. The molecule has 19 heavy (non-hydrogen) atoms. The number of benzene rings is 1. The van der Waals surface area contributed by atoms with Crippen molar-refractivity contribution >= 4 is 12.2 Å². The monoisotopic (exact) mass is 263 g/mol. The molecule has 1 aromatic rings. The molecule has 0 bridgehead atoms. The average Bonchev–Trinajstić information content (AvgIpc) is 2.44. The first kappa shape index (κ1) is 14.8. The molecule has 1 unspecified atom stereocenters. The van der Waals surface area contributed by atoms with Crippen LogP contribution in [0, 0.1) is 0 Å². The molecule has 0 aromatic heterocycles. The lowest BCUT2D eigenvalue weighted by Crippen LogP contribution is -2.36. The zero-order valence-corrected chi connectivity index (χ0v) is 11.0. The van der Waals surface area contributed by atoms with Crippen LogP contribution in [0.5, 0.6) is 11.5 Å². The number of aldehydes is 1. The Hall–Kier alpha value is -2.30. The fraction of sp³-hybridized carbons (Fsp3) is 0.286. The van der Waals surface area contributed by atoms with Gasteiger partial charge in [-0.15, -0.1) is 6.58 Å². The van der Waals surface area contributed by atoms with E-state index in [1.165, 1.54) is 13.2 Å². The van der Waals surface area contributed by atoms with Crippen molar-refractivity contribution in [2.75, 3.05) is 13.7 Å². The molecule has 5 nitrogen and oxygen atoms in total. The minimum absolute atomic E-state index is 0.265. The summed E-state index contributed by atoms with van der Waals surface area (Å²) in [4.78, 5) is 22.4. The molecule has 1 aromatic carbocycles. The van der Waals surface area contributed by atoms with Crippen molar-refractivity contribution in [3.8, 4) is 11.5 Å². The fourth-order valence-corrected chi connectivity index (χ4v) is 1.42. The number of ether oxygens (including phenoxy) is 2. The highest BCUT2D eigenvalue weighted by Crippen LogP contribution is 2.28. The van der Waals surface area contributed by atoms with Crippen molar-refractivity contribution in [3.05, 3.63) is 36.4 Å². The summed E-state index contributed by atoms with van der Waals surface area (Å²) >= 11 is 0. The number of rotatable bonds is 7. The van der Waals surface area contributed by atoms with E-state index >= 15 is 0 Å². The Balaban J connectivity index is 2.82. The summed E-state index contributed by atoms with van der Waals surface area (Å²) in [6.45, 7) is 5.50. The number of amides is 1. The summed E-state index contributed by atoms with van der Waals surface area (Å²) in [6, 6.07) is 4.76. The van der Waals surface area contributed by atoms with Gasteiger partial charge < -0.3 is 14.8 Å². The van der Waals surface area contributed by atoms with Crippen LogP contribution in [-0.2, 0) is 4.79 Å². The summed E-state index contributed by atoms with van der Waals surface area (Å²) in [5.74, 6) is 0.556. The van der Waals surface area contributed by atoms with E-state index in [2.05, 4.69) is 11.9 Å². The van der Waals surface area contributed by atoms with Crippen LogP contribution in [0.25, 0.3) is 0 Å². The minimum atomic E-state index is -0.698. The molecular formula is C14H17NO4. The first-order chi connectivity index (χ1) is 9.12. The van der Waals surface area contributed by atoms with Crippen molar-refractivity contribution in [1.82, 2.24) is 5.32 Å². The molecule has 0 radical (unpaired) electrons. The molecule has 1 atom stereocenters. The van der Waals surface area contributed by atoms with Crippen LogP contribution in [0.15, 0.2) is 30.9 Å². The Bertz CT molecular complexity index is 471. The van der Waals surface area contributed by atoms with Gasteiger partial charge in [0.1, 0.15) is 6.29 Å². The molecule has 0 saturated carbocycles. The number of nitrogens with one attached hydrogen (secondary N) is 1. The number of methoxy groups -OCH3 is 1. The van der Waals surface area contributed by atoms with Gasteiger partial charge in [0.2, 0.25) is 0 Å². The quantitative estimate of drug-likeness (QED) is 0.599. The van der Waals surface area contributed by atoms with Gasteiger partial charge in [0.05, 0.1) is 7.11 Å². The molecule has 5 heteroatoms. The molecule has 1 N–H and O–H groups in total. The van der Waals surface area contributed by atoms with E-state index in [0.29, 0.717) is 29.9 Å². The smallest absolute Gasteiger partial charge is 0.261 e. The van der Waals surface area contributed by atoms with Crippen LogP contribution in [-0.4, -0.2) is 32.0 Å². The van der Waals surface area contributed by atoms with Gasteiger partial charge >= 0.3 is 0 Å². The van der Waals surface area contributed by atoms with Gasteiger partial charge in [-0.25, -0.2) is 0 Å². The standard InChI is InChI=1S/C14H17NO4/c1-4-7-15-14(17)10(2)19-13-8-11(9-16)5-6-12(13)18-3/h4-6,8-10H,1,7H2,2-3H3,(H,15,17). The fourth-order valence-electron chi connectivity index (χ4n) is 1.42. The second kappa shape index (κ2) is 7.20. The van der Waals surface area contributed by atoms with Crippen LogP contribution in [0.3, 0.4) is 0 Å². The zero-order chi connectivity index (χ0) is 14.3. The topological polar surface area (TPSA) is 64.6 Å². The third kappa shape index (κ3) is 4.13. The summed E-state index contributed by atoms with van der Waals surface area (Å²) in [7, 11) is 1.49. The summed E-state index contributed by atoms with van der Waals surface area (Å²) in [6.07, 6.45) is 1.59. The van der Waals surface area contributed by atoms with Crippen molar-refractivity contribution in [3.63, 3.8) is 0 Å². The highest BCUT2D eigenvalue weighted by atomic mass is 16.5. The van der Waals surface area contributed by atoms with Gasteiger partial charge in [0, 0.05) is 12.1 Å². The molecule has 0 aliphatic carbocycles. The van der Waals surface area contributed by atoms with E-state index < -0.39 is 6.10 Å². The Morgan fingerprint density at radius 3 is 2.79 bits per heavy atom. The molecule has 1 rings (SSSR count). The van der Waals surface area contributed by atoms with Crippen molar-refractivity contribution in [1.29, 1.82) is 0 Å². The average molecular weight is 263 g/mol. The molecule has 0 aliphatic heterocycles. The predicted octanol–water partition coefficient (Wildman–Crippen LogP) is 1.58. The van der Waals surface area contributed by atoms with Gasteiger partial charge in [-0.1, -0.05) is 6.08 Å².